The normalized spacial score (nSPS) is 11.6. The lowest BCUT2D eigenvalue weighted by molar-refractivity contribution is 0.666. The Balaban J connectivity index is 0.0000000947. The lowest BCUT2D eigenvalue weighted by Crippen LogP contribution is -1.79. The van der Waals surface area contributed by atoms with Crippen LogP contribution in [-0.4, -0.2) is 0 Å². The average molecular weight is 1010 g/mol. The summed E-state index contributed by atoms with van der Waals surface area (Å²) in [5, 5.41) is 19.8. The summed E-state index contributed by atoms with van der Waals surface area (Å²) in [5.41, 5.74) is 15.0. The summed E-state index contributed by atoms with van der Waals surface area (Å²) in [5.74, 6) is 0. The van der Waals surface area contributed by atoms with Crippen molar-refractivity contribution in [2.75, 3.05) is 0 Å². The molecule has 13 aromatic carbocycles. The Hall–Kier alpha value is -9.90. The molecular weight excluding hydrogens is 953 g/mol. The average Bonchev–Trinajstić information content (AvgIpc) is 4.49. The summed E-state index contributed by atoms with van der Waals surface area (Å²) in [4.78, 5) is 0. The number of rotatable bonds is 1. The summed E-state index contributed by atoms with van der Waals surface area (Å²) in [6.45, 7) is 8.41. The molecule has 0 unspecified atom stereocenters. The smallest absolute Gasteiger partial charge is 0.143 e. The van der Waals surface area contributed by atoms with Crippen molar-refractivity contribution in [3.05, 3.63) is 265 Å². The van der Waals surface area contributed by atoms with Gasteiger partial charge in [-0.1, -0.05) is 212 Å². The van der Waals surface area contributed by atoms with Gasteiger partial charge in [0.2, 0.25) is 0 Å². The summed E-state index contributed by atoms with van der Waals surface area (Å²) in [7, 11) is 0. The monoisotopic (exact) mass is 1000 g/mol. The van der Waals surface area contributed by atoms with E-state index in [1.165, 1.54) is 114 Å². The van der Waals surface area contributed by atoms with Crippen molar-refractivity contribution in [3.8, 4) is 11.1 Å². The Kier molecular flexibility index (Phi) is 11.4. The third-order valence-electron chi connectivity index (χ3n) is 15.5. The van der Waals surface area contributed by atoms with Gasteiger partial charge in [0.15, 0.2) is 0 Å². The highest BCUT2D eigenvalue weighted by atomic mass is 16.3. The van der Waals surface area contributed by atoms with Gasteiger partial charge in [-0.3, -0.25) is 0 Å². The van der Waals surface area contributed by atoms with Crippen molar-refractivity contribution >= 4 is 131 Å². The van der Waals surface area contributed by atoms with E-state index in [9.17, 15) is 0 Å². The van der Waals surface area contributed by atoms with Gasteiger partial charge in [0.05, 0.1) is 0 Å². The molecule has 17 aromatic rings. The predicted molar refractivity (Wildman–Crippen MR) is 329 cm³/mol. The maximum atomic E-state index is 6.20. The lowest BCUT2D eigenvalue weighted by Gasteiger charge is -2.03. The molecule has 0 N–H and O–H groups in total. The van der Waals surface area contributed by atoms with E-state index in [-0.39, 0.29) is 0 Å². The molecule has 4 heteroatoms. The largest absolute Gasteiger partial charge is 0.456 e. The fraction of sp³-hybridized carbons (Fsp3) is 0.0541. The summed E-state index contributed by atoms with van der Waals surface area (Å²) >= 11 is 0. The van der Waals surface area contributed by atoms with E-state index < -0.39 is 0 Å². The predicted octanol–water partition coefficient (Wildman–Crippen LogP) is 21.9. The van der Waals surface area contributed by atoms with Crippen LogP contribution in [0.3, 0.4) is 0 Å². The van der Waals surface area contributed by atoms with Gasteiger partial charge in [0.1, 0.15) is 44.7 Å². The first-order valence-corrected chi connectivity index (χ1v) is 26.6. The highest BCUT2D eigenvalue weighted by molar-refractivity contribution is 6.27. The van der Waals surface area contributed by atoms with Gasteiger partial charge >= 0.3 is 0 Å². The second-order valence-electron chi connectivity index (χ2n) is 20.4. The third-order valence-corrected chi connectivity index (χ3v) is 15.5. The summed E-state index contributed by atoms with van der Waals surface area (Å²) in [6, 6.07) is 84.4. The first kappa shape index (κ1) is 46.6. The first-order chi connectivity index (χ1) is 38.4. The minimum absolute atomic E-state index is 0.965. The molecule has 0 fully saturated rings. The van der Waals surface area contributed by atoms with E-state index in [0.717, 1.165) is 50.2 Å². The van der Waals surface area contributed by atoms with Crippen LogP contribution in [0.5, 0.6) is 0 Å². The van der Waals surface area contributed by atoms with Crippen LogP contribution >= 0.6 is 0 Å². The van der Waals surface area contributed by atoms with E-state index in [0.29, 0.717) is 0 Å². The van der Waals surface area contributed by atoms with Gasteiger partial charge in [0, 0.05) is 48.7 Å². The quantitative estimate of drug-likeness (QED) is 0.164. The zero-order valence-electron chi connectivity index (χ0n) is 43.7. The van der Waals surface area contributed by atoms with Crippen LogP contribution < -0.4 is 0 Å². The Morgan fingerprint density at radius 2 is 0.641 bits per heavy atom. The van der Waals surface area contributed by atoms with Gasteiger partial charge in [-0.2, -0.15) is 0 Å². The van der Waals surface area contributed by atoms with E-state index in [4.69, 9.17) is 17.7 Å². The molecule has 17 rings (SSSR count). The SMILES string of the molecule is Cc1cc2ccccc2c2c1oc1ccc3ccccc3c12.Cc1cc2ccccc2c2c1oc1ccccc12.Cc1cccc2c1oc1c(-c3ccccc3)cccc12.Cc1cccc2c1oc1ccc3ccccc3c12. The molecule has 0 saturated carbocycles. The van der Waals surface area contributed by atoms with Gasteiger partial charge < -0.3 is 17.7 Å². The van der Waals surface area contributed by atoms with Crippen LogP contribution in [0.1, 0.15) is 22.3 Å². The van der Waals surface area contributed by atoms with Crippen LogP contribution in [0.25, 0.3) is 142 Å². The minimum Gasteiger partial charge on any atom is -0.456 e. The van der Waals surface area contributed by atoms with Gasteiger partial charge in [-0.05, 0) is 129 Å². The molecular formula is C74H52O4. The topological polar surface area (TPSA) is 52.6 Å². The Bertz CT molecular complexity index is 5140. The van der Waals surface area contributed by atoms with Gasteiger partial charge in [0.25, 0.3) is 0 Å². The standard InChI is InChI=1S/C21H14O.C19H14O.2C17H12O/c1-13-12-15-7-3-5-9-17(15)20-19-16-8-4-2-6-14(16)10-11-18(19)22-21(13)20;1-13-7-5-11-16-17-12-6-10-15(19(17)20-18(13)16)14-8-3-2-4-9-14;1-11-5-4-8-14-16-13-7-3-2-6-12(13)9-10-15(16)18-17(11)14;1-11-10-12-6-2-3-7-13(12)16-14-8-4-5-9-15(14)18-17(11)16/h2-12H,1H3;2-12H,1H3;2*2-10H,1H3. The van der Waals surface area contributed by atoms with Crippen LogP contribution in [0.4, 0.5) is 0 Å². The lowest BCUT2D eigenvalue weighted by atomic mass is 9.98. The van der Waals surface area contributed by atoms with Crippen LogP contribution in [0.15, 0.2) is 260 Å². The molecule has 0 saturated heterocycles. The molecule has 4 heterocycles. The molecule has 0 amide bonds. The molecule has 4 aromatic heterocycles. The van der Waals surface area contributed by atoms with E-state index >= 15 is 0 Å². The van der Waals surface area contributed by atoms with Gasteiger partial charge in [-0.25, -0.2) is 0 Å². The first-order valence-electron chi connectivity index (χ1n) is 26.6. The van der Waals surface area contributed by atoms with Crippen molar-refractivity contribution in [3.63, 3.8) is 0 Å². The third kappa shape index (κ3) is 7.83. The Labute approximate surface area is 449 Å². The van der Waals surface area contributed by atoms with Crippen molar-refractivity contribution in [2.24, 2.45) is 0 Å². The van der Waals surface area contributed by atoms with Crippen LogP contribution in [0.2, 0.25) is 0 Å². The maximum Gasteiger partial charge on any atom is 0.143 e. The highest BCUT2D eigenvalue weighted by Crippen LogP contribution is 2.42. The fourth-order valence-electron chi connectivity index (χ4n) is 11.8. The number of hydrogen-bond donors (Lipinski definition) is 0. The number of hydrogen-bond acceptors (Lipinski definition) is 4. The van der Waals surface area contributed by atoms with Crippen LogP contribution in [0, 0.1) is 27.7 Å². The molecule has 0 atom stereocenters. The van der Waals surface area contributed by atoms with E-state index in [1.54, 1.807) is 0 Å². The molecule has 0 aliphatic heterocycles. The molecule has 372 valence electrons. The molecule has 0 spiro atoms. The van der Waals surface area contributed by atoms with Crippen LogP contribution in [-0.2, 0) is 0 Å². The van der Waals surface area contributed by atoms with Crippen molar-refractivity contribution in [2.45, 2.75) is 27.7 Å². The molecule has 78 heavy (non-hydrogen) atoms. The number of aryl methyl sites for hydroxylation is 4. The number of para-hydroxylation sites is 4. The second-order valence-corrected chi connectivity index (χ2v) is 20.4. The zero-order valence-corrected chi connectivity index (χ0v) is 43.7. The molecule has 0 aliphatic carbocycles. The molecule has 0 bridgehead atoms. The van der Waals surface area contributed by atoms with Crippen molar-refractivity contribution in [1.29, 1.82) is 0 Å². The second kappa shape index (κ2) is 19.0. The van der Waals surface area contributed by atoms with Crippen molar-refractivity contribution < 1.29 is 17.7 Å². The maximum absolute atomic E-state index is 6.20. The molecule has 4 nitrogen and oxygen atoms in total. The Morgan fingerprint density at radius 1 is 0.218 bits per heavy atom. The number of fused-ring (bicyclic) bond motifs is 20. The Morgan fingerprint density at radius 3 is 1.28 bits per heavy atom. The minimum atomic E-state index is 0.965. The summed E-state index contributed by atoms with van der Waals surface area (Å²) < 4.78 is 24.4. The van der Waals surface area contributed by atoms with Gasteiger partial charge in [-0.15, -0.1) is 0 Å². The van der Waals surface area contributed by atoms with Crippen molar-refractivity contribution in [1.82, 2.24) is 0 Å². The number of furan rings is 4. The summed E-state index contributed by atoms with van der Waals surface area (Å²) in [6.07, 6.45) is 0. The highest BCUT2D eigenvalue weighted by Gasteiger charge is 2.17. The number of benzene rings is 13. The fourth-order valence-corrected chi connectivity index (χ4v) is 11.8. The van der Waals surface area contributed by atoms with E-state index in [2.05, 4.69) is 252 Å². The van der Waals surface area contributed by atoms with E-state index in [1.807, 2.05) is 18.2 Å². The zero-order chi connectivity index (χ0) is 52.4. The molecule has 0 aliphatic rings. The molecule has 0 radical (unpaired) electrons.